The van der Waals surface area contributed by atoms with E-state index in [1.165, 1.54) is 7.11 Å². The Morgan fingerprint density at radius 1 is 1.17 bits per heavy atom. The largest absolute Gasteiger partial charge is 0.470 e. The van der Waals surface area contributed by atoms with Gasteiger partial charge >= 0.3 is 5.97 Å². The van der Waals surface area contributed by atoms with Gasteiger partial charge in [0.25, 0.3) is 0 Å². The third kappa shape index (κ3) is 4.16. The Morgan fingerprint density at radius 2 is 2.00 bits per heavy atom. The molecule has 0 radical (unpaired) electrons. The van der Waals surface area contributed by atoms with Gasteiger partial charge in [-0.25, -0.2) is 9.67 Å². The summed E-state index contributed by atoms with van der Waals surface area (Å²) < 4.78 is 23.8. The molecule has 0 amide bonds. The van der Waals surface area contributed by atoms with Crippen LogP contribution in [0.25, 0.3) is 28.0 Å². The minimum Gasteiger partial charge on any atom is -0.470 e. The van der Waals surface area contributed by atoms with Crippen LogP contribution in [0.2, 0.25) is 0 Å². The Bertz CT molecular complexity index is 1360. The summed E-state index contributed by atoms with van der Waals surface area (Å²) in [5.74, 6) is 0.284. The van der Waals surface area contributed by atoms with Gasteiger partial charge in [0.2, 0.25) is 0 Å². The minimum atomic E-state index is -0.609. The van der Waals surface area contributed by atoms with Crippen molar-refractivity contribution in [3.05, 3.63) is 60.4 Å². The van der Waals surface area contributed by atoms with Crippen LogP contribution >= 0.6 is 0 Å². The molecule has 0 saturated carbocycles. The van der Waals surface area contributed by atoms with Crippen molar-refractivity contribution in [3.8, 4) is 22.8 Å². The molecule has 2 aliphatic rings. The van der Waals surface area contributed by atoms with Crippen LogP contribution in [0.4, 0.5) is 0 Å². The SMILES string of the molecule is COC(=O)Cc1cnn(-c2ccc(-c3ccc4[nH]c(O[C@@H]5COC6[C@H](O)CO[C@@H]65)cc4n3)cc2)c1. The highest BCUT2D eigenvalue weighted by molar-refractivity contribution is 5.80. The molecule has 1 unspecified atom stereocenters. The molecule has 6 rings (SSSR count). The van der Waals surface area contributed by atoms with E-state index < -0.39 is 6.10 Å². The van der Waals surface area contributed by atoms with Crippen molar-refractivity contribution >= 4 is 17.0 Å². The summed E-state index contributed by atoms with van der Waals surface area (Å²) in [5.41, 5.74) is 5.09. The molecule has 1 aromatic carbocycles. The molecule has 10 nitrogen and oxygen atoms in total. The van der Waals surface area contributed by atoms with E-state index in [2.05, 4.69) is 10.1 Å². The summed E-state index contributed by atoms with van der Waals surface area (Å²) in [6.45, 7) is 0.633. The van der Waals surface area contributed by atoms with Crippen LogP contribution in [0.3, 0.4) is 0 Å². The summed E-state index contributed by atoms with van der Waals surface area (Å²) >= 11 is 0. The van der Waals surface area contributed by atoms with E-state index in [9.17, 15) is 9.90 Å². The second-order valence-corrected chi connectivity index (χ2v) is 8.68. The van der Waals surface area contributed by atoms with Crippen LogP contribution in [-0.2, 0) is 25.4 Å². The molecule has 2 fully saturated rings. The van der Waals surface area contributed by atoms with E-state index in [0.717, 1.165) is 33.5 Å². The van der Waals surface area contributed by atoms with Crippen LogP contribution in [0.1, 0.15) is 5.56 Å². The molecule has 4 atom stereocenters. The molecule has 35 heavy (non-hydrogen) atoms. The summed E-state index contributed by atoms with van der Waals surface area (Å²) in [7, 11) is 1.37. The smallest absolute Gasteiger partial charge is 0.310 e. The Kier molecular flexibility index (Phi) is 5.48. The fourth-order valence-corrected chi connectivity index (χ4v) is 4.53. The first-order valence-corrected chi connectivity index (χ1v) is 11.4. The molecular formula is C25H24N4O6. The van der Waals surface area contributed by atoms with Gasteiger partial charge in [0.1, 0.15) is 18.3 Å². The van der Waals surface area contributed by atoms with Crippen LogP contribution in [0, 0.1) is 0 Å². The lowest BCUT2D eigenvalue weighted by Gasteiger charge is -2.16. The van der Waals surface area contributed by atoms with Gasteiger partial charge in [-0.3, -0.25) is 4.79 Å². The normalized spacial score (nSPS) is 23.5. The number of H-pyrrole nitrogens is 1. The molecule has 0 bridgehead atoms. The van der Waals surface area contributed by atoms with Gasteiger partial charge in [0.05, 0.1) is 55.4 Å². The van der Waals surface area contributed by atoms with Gasteiger partial charge < -0.3 is 29.0 Å². The zero-order chi connectivity index (χ0) is 23.9. The van der Waals surface area contributed by atoms with Crippen molar-refractivity contribution in [2.45, 2.75) is 30.8 Å². The lowest BCUT2D eigenvalue weighted by atomic mass is 10.1. The zero-order valence-corrected chi connectivity index (χ0v) is 19.0. The number of ether oxygens (including phenoxy) is 4. The number of aliphatic hydroxyl groups excluding tert-OH is 1. The first-order chi connectivity index (χ1) is 17.1. The van der Waals surface area contributed by atoms with E-state index in [1.54, 1.807) is 10.9 Å². The number of rotatable bonds is 6. The number of hydrogen-bond donors (Lipinski definition) is 2. The maximum Gasteiger partial charge on any atom is 0.310 e. The van der Waals surface area contributed by atoms with Gasteiger partial charge in [0.15, 0.2) is 12.0 Å². The Morgan fingerprint density at radius 3 is 2.83 bits per heavy atom. The number of carbonyl (C=O) groups is 1. The summed E-state index contributed by atoms with van der Waals surface area (Å²) in [5, 5.41) is 14.2. The number of esters is 1. The Hall–Kier alpha value is -3.73. The van der Waals surface area contributed by atoms with Crippen molar-refractivity contribution in [3.63, 3.8) is 0 Å². The quantitative estimate of drug-likeness (QED) is 0.406. The van der Waals surface area contributed by atoms with Gasteiger partial charge in [0, 0.05) is 23.4 Å². The number of pyridine rings is 1. The number of carbonyl (C=O) groups excluding carboxylic acids is 1. The maximum atomic E-state index is 11.5. The lowest BCUT2D eigenvalue weighted by Crippen LogP contribution is -2.34. The number of aliphatic hydroxyl groups is 1. The van der Waals surface area contributed by atoms with Gasteiger partial charge in [-0.2, -0.15) is 5.10 Å². The Balaban J connectivity index is 1.17. The maximum absolute atomic E-state index is 11.5. The van der Waals surface area contributed by atoms with E-state index >= 15 is 0 Å². The van der Waals surface area contributed by atoms with E-state index in [-0.39, 0.29) is 37.3 Å². The molecule has 4 aromatic rings. The summed E-state index contributed by atoms with van der Waals surface area (Å²) in [6.07, 6.45) is 2.15. The Labute approximate surface area is 200 Å². The third-order valence-corrected chi connectivity index (χ3v) is 6.35. The van der Waals surface area contributed by atoms with Crippen molar-refractivity contribution in [2.24, 2.45) is 0 Å². The number of benzene rings is 1. The first-order valence-electron chi connectivity index (χ1n) is 11.4. The van der Waals surface area contributed by atoms with Crippen molar-refractivity contribution < 1.29 is 28.8 Å². The van der Waals surface area contributed by atoms with Gasteiger partial charge in [-0.1, -0.05) is 12.1 Å². The molecule has 2 aliphatic heterocycles. The minimum absolute atomic E-state index is 0.185. The zero-order valence-electron chi connectivity index (χ0n) is 19.0. The highest BCUT2D eigenvalue weighted by atomic mass is 16.6. The number of nitrogens with one attached hydrogen (secondary N) is 1. The molecule has 180 valence electrons. The highest BCUT2D eigenvalue weighted by Gasteiger charge is 2.48. The second-order valence-electron chi connectivity index (χ2n) is 8.68. The van der Waals surface area contributed by atoms with E-state index in [4.69, 9.17) is 23.9 Å². The molecule has 3 aromatic heterocycles. The molecule has 10 heteroatoms. The number of nitrogens with zero attached hydrogens (tertiary/aromatic N) is 3. The predicted molar refractivity (Wildman–Crippen MR) is 124 cm³/mol. The molecule has 5 heterocycles. The third-order valence-electron chi connectivity index (χ3n) is 6.35. The van der Waals surface area contributed by atoms with Crippen molar-refractivity contribution in [2.75, 3.05) is 20.3 Å². The number of methoxy groups -OCH3 is 1. The number of aromatic amines is 1. The second kappa shape index (κ2) is 8.81. The van der Waals surface area contributed by atoms with Crippen molar-refractivity contribution in [1.82, 2.24) is 19.7 Å². The standard InChI is InChI=1S/C25H24N4O6/c1-32-23(31)8-14-10-26-29(11-14)16-4-2-15(3-5-16)17-6-7-18-19(27-17)9-22(28-18)35-21-13-34-24-20(30)12-33-25(21)24/h2-7,9-11,20-21,24-25,28,30H,8,12-13H2,1H3/t20-,21-,24?,25-/m1/s1. The predicted octanol–water partition coefficient (Wildman–Crippen LogP) is 2.04. The monoisotopic (exact) mass is 476 g/mol. The van der Waals surface area contributed by atoms with E-state index in [1.807, 2.05) is 48.7 Å². The molecule has 0 aliphatic carbocycles. The average molecular weight is 476 g/mol. The molecular weight excluding hydrogens is 452 g/mol. The molecule has 2 N–H and O–H groups in total. The van der Waals surface area contributed by atoms with Crippen LogP contribution in [0.5, 0.6) is 5.88 Å². The van der Waals surface area contributed by atoms with Gasteiger partial charge in [-0.15, -0.1) is 0 Å². The number of hydrogen-bond acceptors (Lipinski definition) is 8. The van der Waals surface area contributed by atoms with E-state index in [0.29, 0.717) is 12.5 Å². The van der Waals surface area contributed by atoms with Crippen molar-refractivity contribution in [1.29, 1.82) is 0 Å². The summed E-state index contributed by atoms with van der Waals surface area (Å²) in [4.78, 5) is 19.5. The fraction of sp³-hybridized carbons (Fsp3) is 0.320. The number of fused-ring (bicyclic) bond motifs is 2. The average Bonchev–Trinajstić information content (AvgIpc) is 3.65. The highest BCUT2D eigenvalue weighted by Crippen LogP contribution is 2.31. The summed E-state index contributed by atoms with van der Waals surface area (Å²) in [6, 6.07) is 13.6. The fourth-order valence-electron chi connectivity index (χ4n) is 4.53. The molecule has 2 saturated heterocycles. The lowest BCUT2D eigenvalue weighted by molar-refractivity contribution is -0.139. The van der Waals surface area contributed by atoms with Gasteiger partial charge in [-0.05, 0) is 24.3 Å². The van der Waals surface area contributed by atoms with Crippen LogP contribution in [0.15, 0.2) is 54.9 Å². The van der Waals surface area contributed by atoms with Crippen LogP contribution < -0.4 is 4.74 Å². The topological polar surface area (TPSA) is 121 Å². The first kappa shape index (κ1) is 21.8. The molecule has 0 spiro atoms. The number of aromatic nitrogens is 4. The van der Waals surface area contributed by atoms with Crippen LogP contribution in [-0.4, -0.2) is 75.6 Å².